The van der Waals surface area contributed by atoms with Crippen LogP contribution in [0.3, 0.4) is 0 Å². The average molecular weight is 252 g/mol. The number of hydrogen-bond donors (Lipinski definition) is 1. The monoisotopic (exact) mass is 252 g/mol. The van der Waals surface area contributed by atoms with Crippen molar-refractivity contribution in [2.24, 2.45) is 5.11 Å². The molecule has 1 N–H and O–H groups in total. The van der Waals surface area contributed by atoms with Crippen LogP contribution in [0.2, 0.25) is 0 Å². The van der Waals surface area contributed by atoms with E-state index >= 15 is 0 Å². The van der Waals surface area contributed by atoms with E-state index in [1.165, 1.54) is 43.3 Å². The molecule has 1 amide bonds. The third kappa shape index (κ3) is 3.19. The maximum Gasteiger partial charge on any atom is 0.251 e. The number of hydrogen-bond acceptors (Lipinski definition) is 3. The molecule has 0 heterocycles. The maximum atomic E-state index is 12.8. The lowest BCUT2D eigenvalue weighted by Gasteiger charge is -2.21. The third-order valence-corrected chi connectivity index (χ3v) is 2.38. The fraction of sp³-hybridized carbons (Fsp3) is 0.364. The van der Waals surface area contributed by atoms with E-state index in [-0.39, 0.29) is 0 Å². The number of rotatable bonds is 4. The molecule has 1 aromatic rings. The van der Waals surface area contributed by atoms with E-state index in [1.807, 2.05) is 0 Å². The molecule has 0 saturated carbocycles. The Morgan fingerprint density at radius 1 is 1.44 bits per heavy atom. The van der Waals surface area contributed by atoms with Gasteiger partial charge in [-0.15, -0.1) is 0 Å². The van der Waals surface area contributed by atoms with Gasteiger partial charge >= 0.3 is 0 Å². The minimum absolute atomic E-state index is 0.372. The standard InChI is InChI=1S/C11H13FN4O2/c1-16(2)11(18)10(17)9(14-15-13)7-3-5-8(12)6-4-7/h3-6,9-10,17H,1-2H3/t9-,10-/m1/s1. The summed E-state index contributed by atoms with van der Waals surface area (Å²) < 4.78 is 12.8. The second-order valence-corrected chi connectivity index (χ2v) is 3.88. The summed E-state index contributed by atoms with van der Waals surface area (Å²) in [5.74, 6) is -1.04. The van der Waals surface area contributed by atoms with Gasteiger partial charge in [-0.05, 0) is 23.2 Å². The zero-order valence-electron chi connectivity index (χ0n) is 9.99. The molecule has 0 aliphatic carbocycles. The Bertz CT molecular complexity index is 468. The van der Waals surface area contributed by atoms with Gasteiger partial charge in [-0.2, -0.15) is 0 Å². The molecule has 6 nitrogen and oxygen atoms in total. The van der Waals surface area contributed by atoms with Crippen LogP contribution in [0.25, 0.3) is 10.4 Å². The first kappa shape index (κ1) is 14.0. The summed E-state index contributed by atoms with van der Waals surface area (Å²) in [6.45, 7) is 0. The molecular formula is C11H13FN4O2. The van der Waals surface area contributed by atoms with Crippen molar-refractivity contribution in [2.75, 3.05) is 14.1 Å². The highest BCUT2D eigenvalue weighted by atomic mass is 19.1. The Kier molecular flexibility index (Phi) is 4.65. The SMILES string of the molecule is CN(C)C(=O)[C@H](O)[C@H](N=[N+]=[N-])c1ccc(F)cc1. The van der Waals surface area contributed by atoms with Crippen molar-refractivity contribution < 1.29 is 14.3 Å². The molecule has 0 fully saturated rings. The van der Waals surface area contributed by atoms with E-state index in [0.29, 0.717) is 5.56 Å². The van der Waals surface area contributed by atoms with E-state index in [0.717, 1.165) is 0 Å². The maximum absolute atomic E-state index is 12.8. The lowest BCUT2D eigenvalue weighted by Crippen LogP contribution is -2.37. The molecule has 1 aromatic carbocycles. The number of azide groups is 1. The van der Waals surface area contributed by atoms with Crippen LogP contribution in [0.15, 0.2) is 29.4 Å². The largest absolute Gasteiger partial charge is 0.382 e. The van der Waals surface area contributed by atoms with Crippen LogP contribution in [-0.4, -0.2) is 36.1 Å². The van der Waals surface area contributed by atoms with Crippen LogP contribution >= 0.6 is 0 Å². The lowest BCUT2D eigenvalue weighted by atomic mass is 10.0. The predicted molar refractivity (Wildman–Crippen MR) is 63.0 cm³/mol. The highest BCUT2D eigenvalue weighted by Crippen LogP contribution is 2.23. The molecule has 0 aliphatic heterocycles. The van der Waals surface area contributed by atoms with Gasteiger partial charge in [0.15, 0.2) is 0 Å². The van der Waals surface area contributed by atoms with E-state index in [4.69, 9.17) is 5.53 Å². The molecular weight excluding hydrogens is 239 g/mol. The summed E-state index contributed by atoms with van der Waals surface area (Å²) >= 11 is 0. The molecule has 0 unspecified atom stereocenters. The van der Waals surface area contributed by atoms with Crippen LogP contribution in [0, 0.1) is 5.82 Å². The Morgan fingerprint density at radius 3 is 2.44 bits per heavy atom. The number of halogens is 1. The molecule has 2 atom stereocenters. The summed E-state index contributed by atoms with van der Waals surface area (Å²) in [7, 11) is 2.95. The number of benzene rings is 1. The highest BCUT2D eigenvalue weighted by molar-refractivity contribution is 5.81. The molecule has 0 aliphatic rings. The normalized spacial score (nSPS) is 13.3. The molecule has 0 spiro atoms. The van der Waals surface area contributed by atoms with Crippen LogP contribution in [-0.2, 0) is 4.79 Å². The van der Waals surface area contributed by atoms with Crippen LogP contribution in [0.5, 0.6) is 0 Å². The Morgan fingerprint density at radius 2 is 2.00 bits per heavy atom. The topological polar surface area (TPSA) is 89.3 Å². The molecule has 7 heteroatoms. The number of aliphatic hydroxyl groups is 1. The second-order valence-electron chi connectivity index (χ2n) is 3.88. The summed E-state index contributed by atoms with van der Waals surface area (Å²) in [5.41, 5.74) is 8.84. The van der Waals surface area contributed by atoms with Gasteiger partial charge in [0.25, 0.3) is 5.91 Å². The zero-order valence-corrected chi connectivity index (χ0v) is 9.99. The number of carbonyl (C=O) groups is 1. The molecule has 0 radical (unpaired) electrons. The highest BCUT2D eigenvalue weighted by Gasteiger charge is 2.27. The molecule has 96 valence electrons. The minimum atomic E-state index is -1.50. The van der Waals surface area contributed by atoms with Crippen molar-refractivity contribution in [3.8, 4) is 0 Å². The molecule has 18 heavy (non-hydrogen) atoms. The first-order chi connectivity index (χ1) is 8.47. The zero-order chi connectivity index (χ0) is 13.7. The van der Waals surface area contributed by atoms with Gasteiger partial charge in [-0.1, -0.05) is 17.2 Å². The van der Waals surface area contributed by atoms with Crippen molar-refractivity contribution >= 4 is 5.91 Å². The van der Waals surface area contributed by atoms with E-state index in [2.05, 4.69) is 10.0 Å². The fourth-order valence-corrected chi connectivity index (χ4v) is 1.43. The number of carbonyl (C=O) groups excluding carboxylic acids is 1. The number of aliphatic hydroxyl groups excluding tert-OH is 1. The molecule has 0 saturated heterocycles. The van der Waals surface area contributed by atoms with Gasteiger partial charge in [0, 0.05) is 19.0 Å². The lowest BCUT2D eigenvalue weighted by molar-refractivity contribution is -0.138. The fourth-order valence-electron chi connectivity index (χ4n) is 1.43. The van der Waals surface area contributed by atoms with Gasteiger partial charge in [0.2, 0.25) is 0 Å². The van der Waals surface area contributed by atoms with Gasteiger partial charge in [-0.25, -0.2) is 4.39 Å². The second kappa shape index (κ2) is 6.00. The smallest absolute Gasteiger partial charge is 0.251 e. The van der Waals surface area contributed by atoms with Crippen LogP contribution < -0.4 is 0 Å². The van der Waals surface area contributed by atoms with Crippen molar-refractivity contribution in [3.05, 3.63) is 46.1 Å². The first-order valence-electron chi connectivity index (χ1n) is 5.16. The molecule has 0 aromatic heterocycles. The summed E-state index contributed by atoms with van der Waals surface area (Å²) in [6, 6.07) is 3.98. The van der Waals surface area contributed by atoms with E-state index < -0.39 is 23.9 Å². The van der Waals surface area contributed by atoms with Crippen LogP contribution in [0.4, 0.5) is 4.39 Å². The van der Waals surface area contributed by atoms with Crippen molar-refractivity contribution in [2.45, 2.75) is 12.1 Å². The Balaban J connectivity index is 3.06. The van der Waals surface area contributed by atoms with Gasteiger partial charge in [0.1, 0.15) is 11.9 Å². The van der Waals surface area contributed by atoms with Gasteiger partial charge in [-0.3, -0.25) is 4.79 Å². The number of amides is 1. The minimum Gasteiger partial charge on any atom is -0.382 e. The quantitative estimate of drug-likeness (QED) is 0.501. The Labute approximate surface area is 103 Å². The predicted octanol–water partition coefficient (Wildman–Crippen LogP) is 1.63. The van der Waals surface area contributed by atoms with Crippen molar-refractivity contribution in [3.63, 3.8) is 0 Å². The molecule has 0 bridgehead atoms. The third-order valence-electron chi connectivity index (χ3n) is 2.38. The van der Waals surface area contributed by atoms with Gasteiger partial charge < -0.3 is 10.0 Å². The van der Waals surface area contributed by atoms with E-state index in [9.17, 15) is 14.3 Å². The summed E-state index contributed by atoms with van der Waals surface area (Å²) in [5, 5.41) is 13.2. The number of likely N-dealkylation sites (N-methyl/N-ethyl adjacent to an activating group) is 1. The summed E-state index contributed by atoms with van der Waals surface area (Å²) in [6.07, 6.45) is -1.50. The van der Waals surface area contributed by atoms with E-state index in [1.54, 1.807) is 0 Å². The average Bonchev–Trinajstić information content (AvgIpc) is 2.35. The Hall–Kier alpha value is -2.11. The first-order valence-corrected chi connectivity index (χ1v) is 5.16. The van der Waals surface area contributed by atoms with Crippen molar-refractivity contribution in [1.29, 1.82) is 0 Å². The molecule has 1 rings (SSSR count). The van der Waals surface area contributed by atoms with Crippen molar-refractivity contribution in [1.82, 2.24) is 4.90 Å². The number of nitrogens with zero attached hydrogens (tertiary/aromatic N) is 4. The van der Waals surface area contributed by atoms with Gasteiger partial charge in [0.05, 0.1) is 6.04 Å². The summed E-state index contributed by atoms with van der Waals surface area (Å²) in [4.78, 5) is 15.4. The van der Waals surface area contributed by atoms with Crippen LogP contribution in [0.1, 0.15) is 11.6 Å².